The molecule has 1 amide bonds. The minimum atomic E-state index is 0.548. The van der Waals surface area contributed by atoms with Crippen molar-refractivity contribution in [2.24, 2.45) is 5.10 Å². The molecule has 0 aliphatic heterocycles. The Kier molecular flexibility index (Phi) is 11.1. The first-order valence-electron chi connectivity index (χ1n) is 4.09. The molecule has 0 heterocycles. The lowest BCUT2D eigenvalue weighted by Gasteiger charge is -1.96. The summed E-state index contributed by atoms with van der Waals surface area (Å²) in [5.74, 6) is 0. The highest BCUT2D eigenvalue weighted by molar-refractivity contribution is 5.97. The van der Waals surface area contributed by atoms with Gasteiger partial charge in [0.15, 0.2) is 0 Å². The number of rotatable bonds is 3. The van der Waals surface area contributed by atoms with E-state index < -0.39 is 0 Å². The Bertz CT molecular complexity index is 171. The quantitative estimate of drug-likeness (QED) is 0.393. The largest absolute Gasteiger partial charge is 0.277 e. The zero-order chi connectivity index (χ0) is 9.98. The van der Waals surface area contributed by atoms with Crippen molar-refractivity contribution in [3.63, 3.8) is 0 Å². The van der Waals surface area contributed by atoms with Gasteiger partial charge < -0.3 is 0 Å². The van der Waals surface area contributed by atoms with E-state index in [1.807, 2.05) is 40.7 Å². The predicted molar refractivity (Wildman–Crippen MR) is 53.1 cm³/mol. The fourth-order valence-corrected chi connectivity index (χ4v) is 0.420. The summed E-state index contributed by atoms with van der Waals surface area (Å²) in [5.41, 5.74) is 4.12. The molecule has 0 aromatic rings. The van der Waals surface area contributed by atoms with E-state index >= 15 is 0 Å². The summed E-state index contributed by atoms with van der Waals surface area (Å²) < 4.78 is 0. The fraction of sp³-hybridized carbons (Fsp3) is 0.556. The standard InChI is InChI=1S/C7H12N2O.C2H6/c1-4-6(2)7(3)9-8-5-10;1-2/h4-5H,1-3H3,(H,8,10);1-2H3/b6-4-,9-7-;. The smallest absolute Gasteiger partial charge is 0.227 e. The molecule has 0 bridgehead atoms. The summed E-state index contributed by atoms with van der Waals surface area (Å²) in [6.45, 7) is 9.70. The number of carbonyl (C=O) groups is 1. The van der Waals surface area contributed by atoms with Crippen molar-refractivity contribution in [1.82, 2.24) is 5.43 Å². The molecule has 70 valence electrons. The number of hydrogen-bond acceptors (Lipinski definition) is 2. The highest BCUT2D eigenvalue weighted by Crippen LogP contribution is 1.93. The van der Waals surface area contributed by atoms with E-state index in [1.54, 1.807) is 0 Å². The number of nitrogens with one attached hydrogen (secondary N) is 1. The van der Waals surface area contributed by atoms with Crippen LogP contribution in [0.15, 0.2) is 16.8 Å². The van der Waals surface area contributed by atoms with Crippen LogP contribution < -0.4 is 5.43 Å². The molecule has 3 nitrogen and oxygen atoms in total. The van der Waals surface area contributed by atoms with Crippen LogP contribution in [-0.2, 0) is 4.79 Å². The minimum absolute atomic E-state index is 0.548. The minimum Gasteiger partial charge on any atom is -0.277 e. The molecule has 1 N–H and O–H groups in total. The van der Waals surface area contributed by atoms with Gasteiger partial charge in [0.25, 0.3) is 0 Å². The van der Waals surface area contributed by atoms with Crippen LogP contribution in [0.25, 0.3) is 0 Å². The summed E-state index contributed by atoms with van der Waals surface area (Å²) in [5, 5.41) is 3.74. The lowest BCUT2D eigenvalue weighted by Crippen LogP contribution is -2.05. The lowest BCUT2D eigenvalue weighted by molar-refractivity contribution is -0.109. The van der Waals surface area contributed by atoms with Crippen molar-refractivity contribution in [3.05, 3.63) is 11.6 Å². The molecule has 0 spiro atoms. The summed E-state index contributed by atoms with van der Waals surface area (Å²) >= 11 is 0. The second-order valence-electron chi connectivity index (χ2n) is 1.92. The van der Waals surface area contributed by atoms with E-state index in [4.69, 9.17) is 0 Å². The number of hydrogen-bond donors (Lipinski definition) is 1. The van der Waals surface area contributed by atoms with Crippen LogP contribution in [0.5, 0.6) is 0 Å². The monoisotopic (exact) mass is 170 g/mol. The Morgan fingerprint density at radius 1 is 1.33 bits per heavy atom. The summed E-state index contributed by atoms with van der Waals surface area (Å²) in [7, 11) is 0. The SMILES string of the molecule is C/C=C(C)\C(C)=N/NC=O.CC. The maximum Gasteiger partial charge on any atom is 0.227 e. The summed E-state index contributed by atoms with van der Waals surface area (Å²) in [6.07, 6.45) is 2.48. The van der Waals surface area contributed by atoms with Crippen LogP contribution in [0.3, 0.4) is 0 Å². The third-order valence-corrected chi connectivity index (χ3v) is 1.29. The van der Waals surface area contributed by atoms with Crippen LogP contribution in [0.4, 0.5) is 0 Å². The molecule has 0 radical (unpaired) electrons. The molecule has 3 heteroatoms. The molecule has 12 heavy (non-hydrogen) atoms. The maximum absolute atomic E-state index is 9.78. The van der Waals surface area contributed by atoms with Gasteiger partial charge in [0.2, 0.25) is 6.41 Å². The third-order valence-electron chi connectivity index (χ3n) is 1.29. The molecular formula is C9H18N2O. The van der Waals surface area contributed by atoms with Crippen molar-refractivity contribution in [3.8, 4) is 0 Å². The van der Waals surface area contributed by atoms with Gasteiger partial charge in [-0.3, -0.25) is 4.79 Å². The molecule has 0 rings (SSSR count). The highest BCUT2D eigenvalue weighted by Gasteiger charge is 1.89. The first-order valence-corrected chi connectivity index (χ1v) is 4.09. The van der Waals surface area contributed by atoms with Crippen molar-refractivity contribution >= 4 is 12.1 Å². The van der Waals surface area contributed by atoms with E-state index in [9.17, 15) is 4.79 Å². The summed E-state index contributed by atoms with van der Waals surface area (Å²) in [6, 6.07) is 0. The van der Waals surface area contributed by atoms with Gasteiger partial charge in [-0.2, -0.15) is 5.10 Å². The van der Waals surface area contributed by atoms with Gasteiger partial charge in [-0.05, 0) is 26.3 Å². The second-order valence-corrected chi connectivity index (χ2v) is 1.92. The van der Waals surface area contributed by atoms with Gasteiger partial charge >= 0.3 is 0 Å². The van der Waals surface area contributed by atoms with Crippen LogP contribution in [0.1, 0.15) is 34.6 Å². The normalized spacial score (nSPS) is 11.4. The van der Waals surface area contributed by atoms with Gasteiger partial charge in [0.05, 0.1) is 5.71 Å². The topological polar surface area (TPSA) is 41.5 Å². The van der Waals surface area contributed by atoms with E-state index in [-0.39, 0.29) is 0 Å². The third kappa shape index (κ3) is 6.99. The molecular weight excluding hydrogens is 152 g/mol. The average Bonchev–Trinajstić information content (AvgIpc) is 2.16. The van der Waals surface area contributed by atoms with Crippen molar-refractivity contribution < 1.29 is 4.79 Å². The van der Waals surface area contributed by atoms with Crippen LogP contribution in [0, 0.1) is 0 Å². The first kappa shape index (κ1) is 13.5. The number of carbonyl (C=O) groups excluding carboxylic acids is 1. The molecule has 0 saturated heterocycles. The van der Waals surface area contributed by atoms with Crippen LogP contribution >= 0.6 is 0 Å². The maximum atomic E-state index is 9.78. The zero-order valence-corrected chi connectivity index (χ0v) is 8.51. The Labute approximate surface area is 74.6 Å². The van der Waals surface area contributed by atoms with E-state index in [2.05, 4.69) is 10.5 Å². The average molecular weight is 170 g/mol. The van der Waals surface area contributed by atoms with Gasteiger partial charge in [-0.25, -0.2) is 5.43 Å². The van der Waals surface area contributed by atoms with Crippen molar-refractivity contribution in [2.75, 3.05) is 0 Å². The molecule has 0 aliphatic rings. The number of nitrogens with zero attached hydrogens (tertiary/aromatic N) is 1. The Morgan fingerprint density at radius 3 is 2.17 bits per heavy atom. The predicted octanol–water partition coefficient (Wildman–Crippen LogP) is 2.10. The summed E-state index contributed by atoms with van der Waals surface area (Å²) in [4.78, 5) is 9.78. The number of allylic oxidation sites excluding steroid dienone is 2. The van der Waals surface area contributed by atoms with Gasteiger partial charge in [0.1, 0.15) is 0 Å². The zero-order valence-electron chi connectivity index (χ0n) is 8.51. The van der Waals surface area contributed by atoms with Crippen LogP contribution in [0.2, 0.25) is 0 Å². The van der Waals surface area contributed by atoms with Gasteiger partial charge in [-0.15, -0.1) is 0 Å². The second kappa shape index (κ2) is 9.88. The molecule has 0 aromatic carbocycles. The Morgan fingerprint density at radius 2 is 1.83 bits per heavy atom. The molecule has 0 unspecified atom stereocenters. The van der Waals surface area contributed by atoms with E-state index in [0.29, 0.717) is 6.41 Å². The van der Waals surface area contributed by atoms with Crippen molar-refractivity contribution in [1.29, 1.82) is 0 Å². The Hall–Kier alpha value is -1.12. The first-order chi connectivity index (χ1) is 5.72. The van der Waals surface area contributed by atoms with Gasteiger partial charge in [-0.1, -0.05) is 19.9 Å². The molecule has 0 atom stereocenters. The fourth-order valence-electron chi connectivity index (χ4n) is 0.420. The lowest BCUT2D eigenvalue weighted by atomic mass is 10.2. The van der Waals surface area contributed by atoms with E-state index in [1.165, 1.54) is 0 Å². The Balaban J connectivity index is 0. The van der Waals surface area contributed by atoms with E-state index in [0.717, 1.165) is 11.3 Å². The highest BCUT2D eigenvalue weighted by atomic mass is 16.1. The number of amides is 1. The van der Waals surface area contributed by atoms with Gasteiger partial charge in [0, 0.05) is 0 Å². The van der Waals surface area contributed by atoms with Crippen LogP contribution in [-0.4, -0.2) is 12.1 Å². The number of hydrazone groups is 1. The molecule has 0 aliphatic carbocycles. The molecule has 0 aromatic heterocycles. The molecule has 0 saturated carbocycles. The molecule has 0 fully saturated rings. The van der Waals surface area contributed by atoms with Crippen molar-refractivity contribution in [2.45, 2.75) is 34.6 Å².